The first-order valence-electron chi connectivity index (χ1n) is 42.0. The van der Waals surface area contributed by atoms with Crippen molar-refractivity contribution in [1.29, 1.82) is 0 Å². The highest BCUT2D eigenvalue weighted by molar-refractivity contribution is 7.47. The second kappa shape index (κ2) is 72.6. The fourth-order valence-electron chi connectivity index (χ4n) is 12.5. The van der Waals surface area contributed by atoms with Crippen molar-refractivity contribution >= 4 is 39.5 Å². The number of phosphoric acid groups is 2. The van der Waals surface area contributed by atoms with Gasteiger partial charge in [-0.05, 0) is 37.5 Å². The molecule has 0 amide bonds. The van der Waals surface area contributed by atoms with Gasteiger partial charge in [-0.15, -0.1) is 0 Å². The van der Waals surface area contributed by atoms with Crippen LogP contribution in [0.4, 0.5) is 0 Å². The highest BCUT2D eigenvalue weighted by atomic mass is 31.2. The molecule has 0 spiro atoms. The number of carbonyl (C=O) groups is 4. The first kappa shape index (κ1) is 98.1. The fraction of sp³-hybridized carbons (Fsp3) is 0.951. The molecule has 0 rings (SSSR count). The van der Waals surface area contributed by atoms with Crippen molar-refractivity contribution in [2.75, 3.05) is 39.6 Å². The number of rotatable bonds is 80. The van der Waals surface area contributed by atoms with Crippen molar-refractivity contribution in [3.8, 4) is 0 Å². The monoisotopic (exact) mass is 1470 g/mol. The average molecular weight is 1470 g/mol. The molecule has 0 radical (unpaired) electrons. The molecule has 3 unspecified atom stereocenters. The van der Waals surface area contributed by atoms with E-state index in [-0.39, 0.29) is 25.7 Å². The minimum atomic E-state index is -4.96. The van der Waals surface area contributed by atoms with E-state index in [1.165, 1.54) is 244 Å². The second-order valence-corrected chi connectivity index (χ2v) is 32.8. The van der Waals surface area contributed by atoms with E-state index in [0.29, 0.717) is 25.7 Å². The summed E-state index contributed by atoms with van der Waals surface area (Å²) in [6, 6.07) is 0. The van der Waals surface area contributed by atoms with Gasteiger partial charge in [-0.3, -0.25) is 37.3 Å². The predicted octanol–water partition coefficient (Wildman–Crippen LogP) is 24.3. The third-order valence-electron chi connectivity index (χ3n) is 19.3. The number of ether oxygens (including phenoxy) is 4. The number of hydrogen-bond acceptors (Lipinski definition) is 15. The van der Waals surface area contributed by atoms with E-state index in [1.54, 1.807) is 0 Å². The number of hydrogen-bond donors (Lipinski definition) is 3. The highest BCUT2D eigenvalue weighted by Crippen LogP contribution is 2.45. The minimum Gasteiger partial charge on any atom is -0.462 e. The molecular weight excluding hydrogens is 1310 g/mol. The Bertz CT molecular complexity index is 1930. The summed E-state index contributed by atoms with van der Waals surface area (Å²) in [6.45, 7) is 9.72. The van der Waals surface area contributed by atoms with Gasteiger partial charge < -0.3 is 33.8 Å². The van der Waals surface area contributed by atoms with Gasteiger partial charge in [0.05, 0.1) is 26.4 Å². The second-order valence-electron chi connectivity index (χ2n) is 29.9. The Morgan fingerprint density at radius 1 is 0.290 bits per heavy atom. The summed E-state index contributed by atoms with van der Waals surface area (Å²) in [5.41, 5.74) is 0. The summed E-state index contributed by atoms with van der Waals surface area (Å²) in [4.78, 5) is 73.0. The van der Waals surface area contributed by atoms with Crippen LogP contribution in [0, 0.1) is 11.8 Å². The van der Waals surface area contributed by atoms with Crippen molar-refractivity contribution < 1.29 is 80.2 Å². The van der Waals surface area contributed by atoms with Gasteiger partial charge >= 0.3 is 39.5 Å². The largest absolute Gasteiger partial charge is 0.472 e. The van der Waals surface area contributed by atoms with Crippen LogP contribution in [0.15, 0.2) is 0 Å². The van der Waals surface area contributed by atoms with Crippen LogP contribution in [0.1, 0.15) is 427 Å². The molecule has 19 heteroatoms. The fourth-order valence-corrected chi connectivity index (χ4v) is 14.1. The number of aliphatic hydroxyl groups is 1. The van der Waals surface area contributed by atoms with Crippen molar-refractivity contribution in [3.05, 3.63) is 0 Å². The van der Waals surface area contributed by atoms with E-state index < -0.39 is 97.5 Å². The Morgan fingerprint density at radius 3 is 0.760 bits per heavy atom. The highest BCUT2D eigenvalue weighted by Gasteiger charge is 2.30. The Morgan fingerprint density at radius 2 is 0.510 bits per heavy atom. The molecule has 0 aliphatic carbocycles. The SMILES string of the molecule is CCCCCCCCCCCCCCC(=O)O[C@H](COC(=O)CCCCCCCCCCCCC)COP(=O)(O)OC[C@H](O)COP(=O)(O)OC[C@@H](COC(=O)CCCCCCCCCCCCCCCCC(C)CC)OC(=O)CCCCCCCCCCCCCCCCCCC(C)C. The van der Waals surface area contributed by atoms with Gasteiger partial charge in [0.25, 0.3) is 0 Å². The molecule has 594 valence electrons. The molecule has 0 aliphatic rings. The van der Waals surface area contributed by atoms with Gasteiger partial charge in [-0.2, -0.15) is 0 Å². The van der Waals surface area contributed by atoms with Gasteiger partial charge in [0.2, 0.25) is 0 Å². The van der Waals surface area contributed by atoms with Crippen molar-refractivity contribution in [1.82, 2.24) is 0 Å². The molecule has 17 nitrogen and oxygen atoms in total. The number of aliphatic hydroxyl groups excluding tert-OH is 1. The molecule has 0 bridgehead atoms. The summed E-state index contributed by atoms with van der Waals surface area (Å²) in [5, 5.41) is 10.6. The Labute approximate surface area is 613 Å². The van der Waals surface area contributed by atoms with Gasteiger partial charge in [-0.1, -0.05) is 375 Å². The lowest BCUT2D eigenvalue weighted by Crippen LogP contribution is -2.30. The van der Waals surface area contributed by atoms with Crippen LogP contribution in [0.3, 0.4) is 0 Å². The molecule has 6 atom stereocenters. The Hall–Kier alpha value is -1.94. The molecule has 0 aromatic carbocycles. The summed E-state index contributed by atoms with van der Waals surface area (Å²) in [7, 11) is -9.92. The number of unbranched alkanes of at least 4 members (excludes halogenated alkanes) is 49. The average Bonchev–Trinajstić information content (AvgIpc) is 0.949. The standard InChI is InChI=1S/C81H158O17P2/c1-7-10-12-14-16-18-20-34-41-47-53-59-65-80(85)97-76(69-91-78(83)63-57-51-45-39-31-19-17-15-13-11-8-2)71-95-99(87,88)93-67-75(82)68-94-100(89,90)96-72-77(70-92-79(84)64-58-52-46-40-35-29-26-25-28-33-38-44-50-56-62-74(6)9-3)98-81(86)66-60-54-48-42-36-30-24-22-21-23-27-32-37-43-49-55-61-73(4)5/h73-77,82H,7-72H2,1-6H3,(H,87,88)(H,89,90)/t74?,75-,76+,77+/m0/s1. The van der Waals surface area contributed by atoms with E-state index in [0.717, 1.165) is 102 Å². The smallest absolute Gasteiger partial charge is 0.462 e. The topological polar surface area (TPSA) is 237 Å². The third-order valence-corrected chi connectivity index (χ3v) is 21.2. The zero-order valence-corrected chi connectivity index (χ0v) is 67.3. The lowest BCUT2D eigenvalue weighted by Gasteiger charge is -2.21. The zero-order chi connectivity index (χ0) is 73.5. The van der Waals surface area contributed by atoms with E-state index >= 15 is 0 Å². The summed E-state index contributed by atoms with van der Waals surface area (Å²) in [5.74, 6) is -0.447. The van der Waals surface area contributed by atoms with Crippen LogP contribution in [0.5, 0.6) is 0 Å². The van der Waals surface area contributed by atoms with E-state index in [1.807, 2.05) is 0 Å². The molecule has 0 saturated heterocycles. The Kier molecular flexibility index (Phi) is 71.2. The molecule has 0 heterocycles. The molecule has 0 aromatic rings. The lowest BCUT2D eigenvalue weighted by molar-refractivity contribution is -0.161. The van der Waals surface area contributed by atoms with Gasteiger partial charge in [0.15, 0.2) is 12.2 Å². The van der Waals surface area contributed by atoms with E-state index in [9.17, 15) is 43.2 Å². The van der Waals surface area contributed by atoms with Crippen LogP contribution in [0.25, 0.3) is 0 Å². The molecule has 0 aliphatic heterocycles. The first-order chi connectivity index (χ1) is 48.4. The van der Waals surface area contributed by atoms with Crippen LogP contribution >= 0.6 is 15.6 Å². The maximum Gasteiger partial charge on any atom is 0.472 e. The molecule has 3 N–H and O–H groups in total. The molecular formula is C81H158O17P2. The molecule has 100 heavy (non-hydrogen) atoms. The minimum absolute atomic E-state index is 0.108. The number of esters is 4. The van der Waals surface area contributed by atoms with Crippen LogP contribution in [-0.4, -0.2) is 96.7 Å². The normalized spacial score (nSPS) is 14.2. The first-order valence-corrected chi connectivity index (χ1v) is 45.0. The molecule has 0 saturated carbocycles. The number of phosphoric ester groups is 2. The molecule has 0 aromatic heterocycles. The van der Waals surface area contributed by atoms with E-state index in [4.69, 9.17) is 37.0 Å². The zero-order valence-electron chi connectivity index (χ0n) is 65.5. The Balaban J connectivity index is 5.24. The van der Waals surface area contributed by atoms with Gasteiger partial charge in [-0.25, -0.2) is 9.13 Å². The van der Waals surface area contributed by atoms with Crippen LogP contribution in [-0.2, 0) is 65.4 Å². The lowest BCUT2D eigenvalue weighted by atomic mass is 9.99. The summed E-state index contributed by atoms with van der Waals surface area (Å²) in [6.07, 6.45) is 62.2. The van der Waals surface area contributed by atoms with Crippen molar-refractivity contribution in [2.24, 2.45) is 11.8 Å². The quantitative estimate of drug-likeness (QED) is 0.0222. The number of carbonyl (C=O) groups excluding carboxylic acids is 4. The van der Waals surface area contributed by atoms with Crippen molar-refractivity contribution in [2.45, 2.75) is 445 Å². The van der Waals surface area contributed by atoms with Gasteiger partial charge in [0, 0.05) is 25.7 Å². The maximum absolute atomic E-state index is 13.1. The summed E-state index contributed by atoms with van der Waals surface area (Å²) >= 11 is 0. The van der Waals surface area contributed by atoms with Crippen LogP contribution < -0.4 is 0 Å². The van der Waals surface area contributed by atoms with E-state index in [2.05, 4.69) is 41.5 Å². The predicted molar refractivity (Wildman–Crippen MR) is 409 cm³/mol. The van der Waals surface area contributed by atoms with Crippen LogP contribution in [0.2, 0.25) is 0 Å². The van der Waals surface area contributed by atoms with Gasteiger partial charge in [0.1, 0.15) is 19.3 Å². The molecule has 0 fully saturated rings. The maximum atomic E-state index is 13.1. The van der Waals surface area contributed by atoms with Crippen molar-refractivity contribution in [3.63, 3.8) is 0 Å². The third kappa shape index (κ3) is 73.0. The summed E-state index contributed by atoms with van der Waals surface area (Å²) < 4.78 is 68.7.